The zero-order valence-electron chi connectivity index (χ0n) is 6.92. The number of nitrogens with zero attached hydrogens (tertiary/aromatic N) is 1. The number of aldehydes is 1. The van der Waals surface area contributed by atoms with Crippen molar-refractivity contribution in [3.05, 3.63) is 17.8 Å². The van der Waals surface area contributed by atoms with Crippen molar-refractivity contribution in [3.8, 4) is 0 Å². The number of hydrogen-bond donors (Lipinski definition) is 0. The number of aryl methyl sites for hydroxylation is 1. The summed E-state index contributed by atoms with van der Waals surface area (Å²) < 4.78 is 5.20. The van der Waals surface area contributed by atoms with Crippen molar-refractivity contribution in [3.63, 3.8) is 0 Å². The van der Waals surface area contributed by atoms with Gasteiger partial charge in [-0.05, 0) is 13.8 Å². The molecule has 0 unspecified atom stereocenters. The number of carbonyl (C=O) groups excluding carboxylic acids is 1. The molecule has 0 aliphatic carbocycles. The van der Waals surface area contributed by atoms with Gasteiger partial charge in [0.05, 0.1) is 11.6 Å². The molecule has 1 heterocycles. The Labute approximate surface area is 65.4 Å². The second-order valence-electron chi connectivity index (χ2n) is 3.08. The SMILES string of the molecule is Cc1ncc(C(C)(C)C=O)o1. The van der Waals surface area contributed by atoms with E-state index in [0.29, 0.717) is 11.7 Å². The van der Waals surface area contributed by atoms with Gasteiger partial charge in [-0.1, -0.05) is 0 Å². The summed E-state index contributed by atoms with van der Waals surface area (Å²) in [4.78, 5) is 14.5. The Morgan fingerprint density at radius 3 is 2.64 bits per heavy atom. The van der Waals surface area contributed by atoms with Gasteiger partial charge in [0, 0.05) is 6.92 Å². The molecule has 0 atom stereocenters. The predicted molar refractivity (Wildman–Crippen MR) is 40.3 cm³/mol. The van der Waals surface area contributed by atoms with Crippen LogP contribution in [-0.4, -0.2) is 11.3 Å². The van der Waals surface area contributed by atoms with Crippen LogP contribution in [0.4, 0.5) is 0 Å². The van der Waals surface area contributed by atoms with Crippen molar-refractivity contribution in [2.45, 2.75) is 26.2 Å². The summed E-state index contributed by atoms with van der Waals surface area (Å²) in [6.45, 7) is 5.34. The minimum Gasteiger partial charge on any atom is -0.445 e. The molecule has 3 heteroatoms. The Bertz CT molecular complexity index is 263. The quantitative estimate of drug-likeness (QED) is 0.604. The third-order valence-corrected chi connectivity index (χ3v) is 1.55. The molecule has 0 bridgehead atoms. The van der Waals surface area contributed by atoms with E-state index in [1.54, 1.807) is 27.0 Å². The maximum atomic E-state index is 10.5. The topological polar surface area (TPSA) is 43.1 Å². The van der Waals surface area contributed by atoms with Crippen LogP contribution in [0.2, 0.25) is 0 Å². The molecule has 0 spiro atoms. The average Bonchev–Trinajstić information content (AvgIpc) is 2.36. The summed E-state index contributed by atoms with van der Waals surface area (Å²) in [5.74, 6) is 1.21. The van der Waals surface area contributed by atoms with Gasteiger partial charge >= 0.3 is 0 Å². The van der Waals surface area contributed by atoms with E-state index in [1.807, 2.05) is 0 Å². The Morgan fingerprint density at radius 2 is 2.27 bits per heavy atom. The predicted octanol–water partition coefficient (Wildman–Crippen LogP) is 1.46. The van der Waals surface area contributed by atoms with E-state index in [0.717, 1.165) is 6.29 Å². The van der Waals surface area contributed by atoms with Gasteiger partial charge in [0.1, 0.15) is 12.0 Å². The maximum Gasteiger partial charge on any atom is 0.191 e. The summed E-state index contributed by atoms with van der Waals surface area (Å²) in [6.07, 6.45) is 2.44. The fourth-order valence-electron chi connectivity index (χ4n) is 0.717. The minimum absolute atomic E-state index is 0.554. The van der Waals surface area contributed by atoms with Crippen molar-refractivity contribution >= 4 is 6.29 Å². The lowest BCUT2D eigenvalue weighted by Crippen LogP contribution is -2.17. The van der Waals surface area contributed by atoms with Crippen LogP contribution in [0.15, 0.2) is 10.6 Å². The molecule has 0 saturated carbocycles. The molecular weight excluding hydrogens is 142 g/mol. The van der Waals surface area contributed by atoms with Crippen LogP contribution < -0.4 is 0 Å². The summed E-state index contributed by atoms with van der Waals surface area (Å²) in [7, 11) is 0. The molecule has 1 rings (SSSR count). The Kier molecular flexibility index (Phi) is 1.81. The fraction of sp³-hybridized carbons (Fsp3) is 0.500. The standard InChI is InChI=1S/C8H11NO2/c1-6-9-4-7(11-6)8(2,3)5-10/h4-5H,1-3H3. The second kappa shape index (κ2) is 2.49. The first-order valence-corrected chi connectivity index (χ1v) is 3.45. The molecule has 0 amide bonds. The van der Waals surface area contributed by atoms with Crippen LogP contribution in [-0.2, 0) is 10.2 Å². The third-order valence-electron chi connectivity index (χ3n) is 1.55. The van der Waals surface area contributed by atoms with Gasteiger partial charge in [0.25, 0.3) is 0 Å². The highest BCUT2D eigenvalue weighted by atomic mass is 16.4. The molecule has 0 aliphatic rings. The van der Waals surface area contributed by atoms with Gasteiger partial charge in [-0.15, -0.1) is 0 Å². The van der Waals surface area contributed by atoms with Gasteiger partial charge in [-0.2, -0.15) is 0 Å². The Balaban J connectivity index is 3.01. The van der Waals surface area contributed by atoms with E-state index in [2.05, 4.69) is 4.98 Å². The van der Waals surface area contributed by atoms with Gasteiger partial charge < -0.3 is 9.21 Å². The van der Waals surface area contributed by atoms with Gasteiger partial charge in [-0.3, -0.25) is 0 Å². The summed E-state index contributed by atoms with van der Waals surface area (Å²) in [5, 5.41) is 0. The summed E-state index contributed by atoms with van der Waals surface area (Å²) in [6, 6.07) is 0. The zero-order valence-corrected chi connectivity index (χ0v) is 6.92. The van der Waals surface area contributed by atoms with Crippen LogP contribution in [0.3, 0.4) is 0 Å². The lowest BCUT2D eigenvalue weighted by atomic mass is 9.93. The van der Waals surface area contributed by atoms with Gasteiger partial charge in [-0.25, -0.2) is 4.98 Å². The molecule has 0 N–H and O–H groups in total. The van der Waals surface area contributed by atoms with E-state index >= 15 is 0 Å². The van der Waals surface area contributed by atoms with E-state index in [-0.39, 0.29) is 0 Å². The average molecular weight is 153 g/mol. The zero-order chi connectivity index (χ0) is 8.48. The molecule has 1 aromatic heterocycles. The monoisotopic (exact) mass is 153 g/mol. The van der Waals surface area contributed by atoms with Crippen LogP contribution in [0.1, 0.15) is 25.5 Å². The smallest absolute Gasteiger partial charge is 0.191 e. The highest BCUT2D eigenvalue weighted by Crippen LogP contribution is 2.20. The summed E-state index contributed by atoms with van der Waals surface area (Å²) in [5.41, 5.74) is -0.554. The second-order valence-corrected chi connectivity index (χ2v) is 3.08. The first-order valence-electron chi connectivity index (χ1n) is 3.45. The molecule has 11 heavy (non-hydrogen) atoms. The lowest BCUT2D eigenvalue weighted by Gasteiger charge is -2.10. The lowest BCUT2D eigenvalue weighted by molar-refractivity contribution is -0.112. The normalized spacial score (nSPS) is 11.5. The third kappa shape index (κ3) is 1.48. The largest absolute Gasteiger partial charge is 0.445 e. The molecule has 60 valence electrons. The van der Waals surface area contributed by atoms with Crippen molar-refractivity contribution < 1.29 is 9.21 Å². The van der Waals surface area contributed by atoms with Gasteiger partial charge in [0.2, 0.25) is 0 Å². The minimum atomic E-state index is -0.554. The first-order chi connectivity index (χ1) is 5.06. The van der Waals surface area contributed by atoms with E-state index in [1.165, 1.54) is 0 Å². The number of oxazole rings is 1. The van der Waals surface area contributed by atoms with Crippen molar-refractivity contribution in [1.82, 2.24) is 4.98 Å². The first kappa shape index (κ1) is 7.98. The maximum absolute atomic E-state index is 10.5. The molecule has 0 aliphatic heterocycles. The summed E-state index contributed by atoms with van der Waals surface area (Å²) >= 11 is 0. The number of hydrogen-bond acceptors (Lipinski definition) is 3. The van der Waals surface area contributed by atoms with E-state index < -0.39 is 5.41 Å². The molecular formula is C8H11NO2. The van der Waals surface area contributed by atoms with Crippen LogP contribution in [0.25, 0.3) is 0 Å². The van der Waals surface area contributed by atoms with Crippen molar-refractivity contribution in [2.24, 2.45) is 0 Å². The molecule has 0 aromatic carbocycles. The molecule has 0 radical (unpaired) electrons. The molecule has 1 aromatic rings. The van der Waals surface area contributed by atoms with E-state index in [4.69, 9.17) is 4.42 Å². The highest BCUT2D eigenvalue weighted by molar-refractivity contribution is 5.65. The van der Waals surface area contributed by atoms with E-state index in [9.17, 15) is 4.79 Å². The van der Waals surface area contributed by atoms with Crippen molar-refractivity contribution in [2.75, 3.05) is 0 Å². The molecule has 3 nitrogen and oxygen atoms in total. The highest BCUT2D eigenvalue weighted by Gasteiger charge is 2.23. The molecule has 0 fully saturated rings. The number of aromatic nitrogens is 1. The van der Waals surface area contributed by atoms with Crippen LogP contribution >= 0.6 is 0 Å². The van der Waals surface area contributed by atoms with Crippen LogP contribution in [0.5, 0.6) is 0 Å². The fourth-order valence-corrected chi connectivity index (χ4v) is 0.717. The number of rotatable bonds is 2. The van der Waals surface area contributed by atoms with Crippen LogP contribution in [0, 0.1) is 6.92 Å². The van der Waals surface area contributed by atoms with Gasteiger partial charge in [0.15, 0.2) is 5.89 Å². The number of carbonyl (C=O) groups is 1. The Hall–Kier alpha value is -1.12. The molecule has 0 saturated heterocycles. The Morgan fingerprint density at radius 1 is 1.64 bits per heavy atom. The van der Waals surface area contributed by atoms with Crippen molar-refractivity contribution in [1.29, 1.82) is 0 Å².